The molecule has 0 spiro atoms. The highest BCUT2D eigenvalue weighted by Gasteiger charge is 2.30. The lowest BCUT2D eigenvalue weighted by molar-refractivity contribution is 0.256. The van der Waals surface area contributed by atoms with Gasteiger partial charge in [-0.05, 0) is 105 Å². The molecule has 24 heavy (non-hydrogen) atoms. The SMILES string of the molecule is C=C1/C(=C/C2CCC(N)CC2)CC(C)CC1CC1CCC(N)CC1. The van der Waals surface area contributed by atoms with Gasteiger partial charge in [0.15, 0.2) is 0 Å². The first-order valence-corrected chi connectivity index (χ1v) is 10.4. The summed E-state index contributed by atoms with van der Waals surface area (Å²) >= 11 is 0. The highest BCUT2D eigenvalue weighted by Crippen LogP contribution is 2.43. The maximum atomic E-state index is 6.08. The Morgan fingerprint density at radius 3 is 2.17 bits per heavy atom. The lowest BCUT2D eigenvalue weighted by Crippen LogP contribution is -2.29. The molecule has 0 aliphatic heterocycles. The number of hydrogen-bond donors (Lipinski definition) is 2. The summed E-state index contributed by atoms with van der Waals surface area (Å²) in [5.41, 5.74) is 15.2. The van der Waals surface area contributed by atoms with Gasteiger partial charge in [0.2, 0.25) is 0 Å². The van der Waals surface area contributed by atoms with E-state index in [4.69, 9.17) is 11.5 Å². The van der Waals surface area contributed by atoms with Crippen molar-refractivity contribution in [2.45, 2.75) is 89.6 Å². The topological polar surface area (TPSA) is 52.0 Å². The average molecular weight is 331 g/mol. The lowest BCUT2D eigenvalue weighted by Gasteiger charge is -2.36. The number of rotatable bonds is 3. The van der Waals surface area contributed by atoms with Gasteiger partial charge in [-0.25, -0.2) is 0 Å². The second-order valence-electron chi connectivity index (χ2n) is 9.15. The second kappa shape index (κ2) is 8.19. The maximum Gasteiger partial charge on any atom is 0.00392 e. The van der Waals surface area contributed by atoms with Crippen molar-refractivity contribution in [3.05, 3.63) is 23.8 Å². The molecule has 0 radical (unpaired) electrons. The first kappa shape index (κ1) is 18.2. The summed E-state index contributed by atoms with van der Waals surface area (Å²) in [4.78, 5) is 0. The van der Waals surface area contributed by atoms with E-state index in [1.165, 1.54) is 76.2 Å². The van der Waals surface area contributed by atoms with E-state index in [1.807, 2.05) is 0 Å². The summed E-state index contributed by atoms with van der Waals surface area (Å²) in [6, 6.07) is 0.904. The van der Waals surface area contributed by atoms with Crippen LogP contribution in [0.4, 0.5) is 0 Å². The fourth-order valence-corrected chi connectivity index (χ4v) is 5.32. The molecule has 0 aromatic carbocycles. The van der Waals surface area contributed by atoms with Crippen LogP contribution in [0.15, 0.2) is 23.8 Å². The van der Waals surface area contributed by atoms with Crippen LogP contribution in [0, 0.1) is 23.7 Å². The second-order valence-corrected chi connectivity index (χ2v) is 9.15. The predicted molar refractivity (Wildman–Crippen MR) is 104 cm³/mol. The molecule has 4 N–H and O–H groups in total. The summed E-state index contributed by atoms with van der Waals surface area (Å²) in [6.07, 6.45) is 16.6. The monoisotopic (exact) mass is 330 g/mol. The third kappa shape index (κ3) is 4.73. The van der Waals surface area contributed by atoms with E-state index in [-0.39, 0.29) is 0 Å². The first-order valence-electron chi connectivity index (χ1n) is 10.4. The van der Waals surface area contributed by atoms with Crippen molar-refractivity contribution in [3.8, 4) is 0 Å². The molecule has 2 nitrogen and oxygen atoms in total. The molecule has 2 atom stereocenters. The average Bonchev–Trinajstić information content (AvgIpc) is 2.56. The largest absolute Gasteiger partial charge is 0.328 e. The molecule has 0 saturated heterocycles. The molecular weight excluding hydrogens is 292 g/mol. The number of allylic oxidation sites excluding steroid dienone is 3. The molecule has 2 unspecified atom stereocenters. The summed E-state index contributed by atoms with van der Waals surface area (Å²) in [6.45, 7) is 6.99. The molecule has 2 heteroatoms. The minimum Gasteiger partial charge on any atom is -0.328 e. The van der Waals surface area contributed by atoms with E-state index in [1.54, 1.807) is 5.57 Å². The Balaban J connectivity index is 1.60. The van der Waals surface area contributed by atoms with Gasteiger partial charge in [-0.15, -0.1) is 0 Å². The van der Waals surface area contributed by atoms with Gasteiger partial charge < -0.3 is 11.5 Å². The molecule has 0 amide bonds. The van der Waals surface area contributed by atoms with E-state index in [0.29, 0.717) is 18.0 Å². The van der Waals surface area contributed by atoms with Gasteiger partial charge >= 0.3 is 0 Å². The Morgan fingerprint density at radius 1 is 0.958 bits per heavy atom. The van der Waals surface area contributed by atoms with E-state index >= 15 is 0 Å². The molecule has 0 bridgehead atoms. The Morgan fingerprint density at radius 2 is 1.54 bits per heavy atom. The fraction of sp³-hybridized carbons (Fsp3) is 0.818. The van der Waals surface area contributed by atoms with E-state index in [2.05, 4.69) is 19.6 Å². The predicted octanol–water partition coefficient (Wildman–Crippen LogP) is 4.94. The van der Waals surface area contributed by atoms with Crippen LogP contribution in [0.25, 0.3) is 0 Å². The van der Waals surface area contributed by atoms with Crippen LogP contribution < -0.4 is 11.5 Å². The summed E-state index contributed by atoms with van der Waals surface area (Å²) in [7, 11) is 0. The van der Waals surface area contributed by atoms with Gasteiger partial charge in [0, 0.05) is 12.1 Å². The third-order valence-corrected chi connectivity index (χ3v) is 6.92. The number of hydrogen-bond acceptors (Lipinski definition) is 2. The van der Waals surface area contributed by atoms with Gasteiger partial charge in [-0.1, -0.05) is 19.6 Å². The highest BCUT2D eigenvalue weighted by atomic mass is 14.6. The van der Waals surface area contributed by atoms with E-state index < -0.39 is 0 Å². The lowest BCUT2D eigenvalue weighted by atomic mass is 9.69. The Kier molecular flexibility index (Phi) is 6.21. The standard InChI is InChI=1S/C22H38N2/c1-15-11-19(13-17-3-7-21(23)8-4-17)16(2)20(12-15)14-18-5-9-22(24)10-6-18/h13,15,17-18,20-22H,2-12,14,23-24H2,1H3/b19-13+. The Hall–Kier alpha value is -0.600. The van der Waals surface area contributed by atoms with Crippen LogP contribution >= 0.6 is 0 Å². The van der Waals surface area contributed by atoms with Gasteiger partial charge in [0.1, 0.15) is 0 Å². The summed E-state index contributed by atoms with van der Waals surface area (Å²) in [5.74, 6) is 3.15. The summed E-state index contributed by atoms with van der Waals surface area (Å²) in [5, 5.41) is 0. The zero-order valence-electron chi connectivity index (χ0n) is 15.7. The smallest absolute Gasteiger partial charge is 0.00392 e. The Labute approximate surface area is 149 Å². The molecule has 0 aromatic heterocycles. The van der Waals surface area contributed by atoms with Crippen LogP contribution in [0.1, 0.15) is 77.6 Å². The molecule has 3 aliphatic carbocycles. The minimum atomic E-state index is 0.443. The van der Waals surface area contributed by atoms with Gasteiger partial charge in [0.25, 0.3) is 0 Å². The van der Waals surface area contributed by atoms with Crippen molar-refractivity contribution in [1.82, 2.24) is 0 Å². The maximum absolute atomic E-state index is 6.08. The van der Waals surface area contributed by atoms with Crippen LogP contribution in [-0.4, -0.2) is 12.1 Å². The van der Waals surface area contributed by atoms with Gasteiger partial charge in [-0.3, -0.25) is 0 Å². The van der Waals surface area contributed by atoms with Gasteiger partial charge in [0.05, 0.1) is 0 Å². The molecule has 0 heterocycles. The molecule has 3 aliphatic rings. The normalized spacial score (nSPS) is 43.1. The van der Waals surface area contributed by atoms with Crippen molar-refractivity contribution >= 4 is 0 Å². The first-order chi connectivity index (χ1) is 11.5. The fourth-order valence-electron chi connectivity index (χ4n) is 5.32. The molecule has 0 aromatic rings. The van der Waals surface area contributed by atoms with Crippen molar-refractivity contribution in [1.29, 1.82) is 0 Å². The Bertz CT molecular complexity index is 451. The van der Waals surface area contributed by atoms with Crippen molar-refractivity contribution in [3.63, 3.8) is 0 Å². The van der Waals surface area contributed by atoms with Crippen LogP contribution in [0.5, 0.6) is 0 Å². The van der Waals surface area contributed by atoms with E-state index in [9.17, 15) is 0 Å². The van der Waals surface area contributed by atoms with Crippen molar-refractivity contribution < 1.29 is 0 Å². The zero-order chi connectivity index (χ0) is 17.1. The molecule has 136 valence electrons. The molecule has 3 saturated carbocycles. The quantitative estimate of drug-likeness (QED) is 0.770. The van der Waals surface area contributed by atoms with E-state index in [0.717, 1.165) is 17.8 Å². The number of nitrogens with two attached hydrogens (primary N) is 2. The molecular formula is C22H38N2. The van der Waals surface area contributed by atoms with Crippen LogP contribution in [0.2, 0.25) is 0 Å². The summed E-state index contributed by atoms with van der Waals surface area (Å²) < 4.78 is 0. The van der Waals surface area contributed by atoms with Gasteiger partial charge in [-0.2, -0.15) is 0 Å². The van der Waals surface area contributed by atoms with Crippen LogP contribution in [-0.2, 0) is 0 Å². The molecule has 3 fully saturated rings. The zero-order valence-corrected chi connectivity index (χ0v) is 15.7. The molecule has 3 rings (SSSR count). The van der Waals surface area contributed by atoms with Crippen LogP contribution in [0.3, 0.4) is 0 Å². The highest BCUT2D eigenvalue weighted by molar-refractivity contribution is 5.34. The van der Waals surface area contributed by atoms with Crippen molar-refractivity contribution in [2.24, 2.45) is 35.1 Å². The van der Waals surface area contributed by atoms with Crippen molar-refractivity contribution in [2.75, 3.05) is 0 Å². The third-order valence-electron chi connectivity index (χ3n) is 6.92. The minimum absolute atomic E-state index is 0.443.